The molecule has 3 aromatic rings. The van der Waals surface area contributed by atoms with Crippen molar-refractivity contribution in [3.63, 3.8) is 0 Å². The molecule has 152 valence electrons. The lowest BCUT2D eigenvalue weighted by molar-refractivity contribution is 0.482. The first kappa shape index (κ1) is 21.6. The number of aryl methyl sites for hydroxylation is 2. The highest BCUT2D eigenvalue weighted by Gasteiger charge is 2.24. The maximum absolute atomic E-state index is 13.3. The molecule has 0 unspecified atom stereocenters. The summed E-state index contributed by atoms with van der Waals surface area (Å²) in [4.78, 5) is 0.256. The minimum atomic E-state index is -3.71. The lowest BCUT2D eigenvalue weighted by atomic mass is 10.1. The van der Waals surface area contributed by atoms with Gasteiger partial charge in [0, 0.05) is 12.1 Å². The van der Waals surface area contributed by atoms with Gasteiger partial charge in [-0.05, 0) is 49.2 Å². The van der Waals surface area contributed by atoms with E-state index in [4.69, 9.17) is 0 Å². The van der Waals surface area contributed by atoms with Crippen LogP contribution in [0.5, 0.6) is 0 Å². The maximum Gasteiger partial charge on any atom is 0.244 e. The standard InChI is InChI=1S/C26H25NO2S/c1-21-11-15-25(16-12-21)23(3)20-27(19-7-10-24-8-5-4-6-9-24)30(28,29)26-17-13-22(2)14-18-26/h4-6,8-9,11-18H,3,19-20H2,1-2H3. The molecule has 3 rings (SSSR count). The first-order chi connectivity index (χ1) is 14.4. The molecule has 0 bridgehead atoms. The third-order valence-electron chi connectivity index (χ3n) is 4.75. The van der Waals surface area contributed by atoms with E-state index in [1.807, 2.05) is 68.4 Å². The van der Waals surface area contributed by atoms with Gasteiger partial charge in [0.1, 0.15) is 0 Å². The Kier molecular flexibility index (Phi) is 6.89. The zero-order valence-electron chi connectivity index (χ0n) is 17.3. The molecule has 0 N–H and O–H groups in total. The third kappa shape index (κ3) is 5.48. The molecule has 0 heterocycles. The highest BCUT2D eigenvalue weighted by molar-refractivity contribution is 7.89. The van der Waals surface area contributed by atoms with Crippen molar-refractivity contribution in [3.05, 3.63) is 108 Å². The third-order valence-corrected chi connectivity index (χ3v) is 6.55. The second-order valence-electron chi connectivity index (χ2n) is 7.22. The summed E-state index contributed by atoms with van der Waals surface area (Å²) in [5.41, 5.74) is 4.65. The Morgan fingerprint density at radius 2 is 1.43 bits per heavy atom. The van der Waals surface area contributed by atoms with E-state index in [1.165, 1.54) is 4.31 Å². The predicted octanol–water partition coefficient (Wildman–Crippen LogP) is 5.06. The van der Waals surface area contributed by atoms with E-state index in [1.54, 1.807) is 24.3 Å². The summed E-state index contributed by atoms with van der Waals surface area (Å²) in [5, 5.41) is 0. The Morgan fingerprint density at radius 1 is 0.867 bits per heavy atom. The van der Waals surface area contributed by atoms with Gasteiger partial charge in [-0.15, -0.1) is 0 Å². The molecule has 0 aliphatic carbocycles. The summed E-state index contributed by atoms with van der Waals surface area (Å²) in [6, 6.07) is 24.3. The molecular formula is C26H25NO2S. The minimum absolute atomic E-state index is 0.0794. The summed E-state index contributed by atoms with van der Waals surface area (Å²) in [5.74, 6) is 6.05. The molecule has 0 amide bonds. The van der Waals surface area contributed by atoms with Crippen LogP contribution in [0.3, 0.4) is 0 Å². The minimum Gasteiger partial charge on any atom is -0.207 e. The summed E-state index contributed by atoms with van der Waals surface area (Å²) in [6.07, 6.45) is 0. The van der Waals surface area contributed by atoms with E-state index in [-0.39, 0.29) is 18.0 Å². The monoisotopic (exact) mass is 415 g/mol. The highest BCUT2D eigenvalue weighted by Crippen LogP contribution is 2.21. The van der Waals surface area contributed by atoms with Crippen molar-refractivity contribution >= 4 is 15.6 Å². The number of benzene rings is 3. The van der Waals surface area contributed by atoms with Crippen molar-refractivity contribution in [1.82, 2.24) is 4.31 Å². The Balaban J connectivity index is 1.89. The second kappa shape index (κ2) is 9.58. The molecule has 4 heteroatoms. The van der Waals surface area contributed by atoms with Crippen molar-refractivity contribution in [3.8, 4) is 11.8 Å². The largest absolute Gasteiger partial charge is 0.244 e. The first-order valence-electron chi connectivity index (χ1n) is 9.72. The molecular weight excluding hydrogens is 390 g/mol. The number of nitrogens with zero attached hydrogens (tertiary/aromatic N) is 1. The van der Waals surface area contributed by atoms with Crippen LogP contribution >= 0.6 is 0 Å². The van der Waals surface area contributed by atoms with E-state index < -0.39 is 10.0 Å². The van der Waals surface area contributed by atoms with Crippen LogP contribution in [0, 0.1) is 25.7 Å². The summed E-state index contributed by atoms with van der Waals surface area (Å²) >= 11 is 0. The van der Waals surface area contributed by atoms with Gasteiger partial charge >= 0.3 is 0 Å². The van der Waals surface area contributed by atoms with E-state index in [0.29, 0.717) is 0 Å². The van der Waals surface area contributed by atoms with Crippen LogP contribution < -0.4 is 0 Å². The van der Waals surface area contributed by atoms with E-state index in [9.17, 15) is 8.42 Å². The molecule has 0 atom stereocenters. The quantitative estimate of drug-likeness (QED) is 0.528. The first-order valence-corrected chi connectivity index (χ1v) is 11.2. The molecule has 0 fully saturated rings. The molecule has 0 aromatic heterocycles. The number of hydrogen-bond donors (Lipinski definition) is 0. The van der Waals surface area contributed by atoms with Crippen LogP contribution in [0.2, 0.25) is 0 Å². The summed E-state index contributed by atoms with van der Waals surface area (Å²) < 4.78 is 28.0. The predicted molar refractivity (Wildman–Crippen MR) is 123 cm³/mol. The molecule has 30 heavy (non-hydrogen) atoms. The SMILES string of the molecule is C=C(CN(CC#Cc1ccccc1)S(=O)(=O)c1ccc(C)cc1)c1ccc(C)cc1. The summed E-state index contributed by atoms with van der Waals surface area (Å²) in [7, 11) is -3.71. The Bertz CT molecular complexity index is 1170. The van der Waals surface area contributed by atoms with E-state index >= 15 is 0 Å². The maximum atomic E-state index is 13.3. The Labute approximate surface area is 179 Å². The zero-order valence-corrected chi connectivity index (χ0v) is 18.1. The fraction of sp³-hybridized carbons (Fsp3) is 0.154. The van der Waals surface area contributed by atoms with Crippen molar-refractivity contribution < 1.29 is 8.42 Å². The van der Waals surface area contributed by atoms with Crippen LogP contribution in [0.4, 0.5) is 0 Å². The lowest BCUT2D eigenvalue weighted by Gasteiger charge is -2.21. The van der Waals surface area contributed by atoms with Gasteiger partial charge in [0.2, 0.25) is 10.0 Å². The smallest absolute Gasteiger partial charge is 0.207 e. The van der Waals surface area contributed by atoms with Gasteiger partial charge in [0.25, 0.3) is 0 Å². The Morgan fingerprint density at radius 3 is 2.03 bits per heavy atom. The van der Waals surface area contributed by atoms with Crippen molar-refractivity contribution in [1.29, 1.82) is 0 Å². The molecule has 0 saturated heterocycles. The molecule has 0 radical (unpaired) electrons. The van der Waals surface area contributed by atoms with Crippen LogP contribution in [0.1, 0.15) is 22.3 Å². The average Bonchev–Trinajstić information content (AvgIpc) is 2.74. The fourth-order valence-electron chi connectivity index (χ4n) is 2.93. The van der Waals surface area contributed by atoms with E-state index in [2.05, 4.69) is 18.4 Å². The van der Waals surface area contributed by atoms with Gasteiger partial charge in [-0.25, -0.2) is 8.42 Å². The normalized spacial score (nSPS) is 11.0. The zero-order chi connectivity index (χ0) is 21.6. The fourth-order valence-corrected chi connectivity index (χ4v) is 4.27. The average molecular weight is 416 g/mol. The molecule has 3 nitrogen and oxygen atoms in total. The molecule has 0 aliphatic rings. The van der Waals surface area contributed by atoms with Crippen molar-refractivity contribution in [2.45, 2.75) is 18.7 Å². The topological polar surface area (TPSA) is 37.4 Å². The van der Waals surface area contributed by atoms with E-state index in [0.717, 1.165) is 27.8 Å². The Hall–Kier alpha value is -3.13. The second-order valence-corrected chi connectivity index (χ2v) is 9.16. The van der Waals surface area contributed by atoms with Crippen LogP contribution in [0.15, 0.2) is 90.3 Å². The van der Waals surface area contributed by atoms with Gasteiger partial charge in [0.15, 0.2) is 0 Å². The lowest BCUT2D eigenvalue weighted by Crippen LogP contribution is -2.33. The van der Waals surface area contributed by atoms with Gasteiger partial charge in [-0.3, -0.25) is 0 Å². The van der Waals surface area contributed by atoms with Crippen LogP contribution in [-0.4, -0.2) is 25.8 Å². The van der Waals surface area contributed by atoms with Gasteiger partial charge in [0.05, 0.1) is 11.4 Å². The van der Waals surface area contributed by atoms with Crippen molar-refractivity contribution in [2.24, 2.45) is 0 Å². The van der Waals surface area contributed by atoms with Gasteiger partial charge in [-0.1, -0.05) is 84.1 Å². The number of hydrogen-bond acceptors (Lipinski definition) is 2. The molecule has 0 spiro atoms. The highest BCUT2D eigenvalue weighted by atomic mass is 32.2. The molecule has 0 saturated carbocycles. The summed E-state index contributed by atoms with van der Waals surface area (Å²) in [6.45, 7) is 8.32. The van der Waals surface area contributed by atoms with Crippen LogP contribution in [-0.2, 0) is 10.0 Å². The molecule has 3 aromatic carbocycles. The van der Waals surface area contributed by atoms with Crippen LogP contribution in [0.25, 0.3) is 5.57 Å². The molecule has 0 aliphatic heterocycles. The van der Waals surface area contributed by atoms with Crippen molar-refractivity contribution in [2.75, 3.05) is 13.1 Å². The van der Waals surface area contributed by atoms with Gasteiger partial charge in [-0.2, -0.15) is 4.31 Å². The number of rotatable bonds is 6. The van der Waals surface area contributed by atoms with Gasteiger partial charge < -0.3 is 0 Å². The number of sulfonamides is 1.